The van der Waals surface area contributed by atoms with Crippen molar-refractivity contribution in [2.45, 2.75) is 11.3 Å². The van der Waals surface area contributed by atoms with Crippen LogP contribution in [0.4, 0.5) is 10.1 Å². The Morgan fingerprint density at radius 2 is 1.59 bits per heavy atom. The van der Waals surface area contributed by atoms with Gasteiger partial charge in [-0.2, -0.15) is 4.31 Å². The van der Waals surface area contributed by atoms with E-state index in [1.54, 1.807) is 23.1 Å². The predicted octanol–water partition coefficient (Wildman–Crippen LogP) is 2.84. The quantitative estimate of drug-likeness (QED) is 0.738. The second-order valence-corrected chi connectivity index (χ2v) is 9.47. The summed E-state index contributed by atoms with van der Waals surface area (Å²) in [6, 6.07) is 10.6. The largest absolute Gasteiger partial charge is 0.369 e. The van der Waals surface area contributed by atoms with Crippen LogP contribution in [0.3, 0.4) is 0 Å². The smallest absolute Gasteiger partial charge is 0.253 e. The monoisotopic (exact) mass is 437 g/mol. The van der Waals surface area contributed by atoms with Crippen LogP contribution in [0.25, 0.3) is 0 Å². The molecule has 0 atom stereocenters. The number of rotatable bonds is 4. The molecule has 0 aromatic heterocycles. The van der Waals surface area contributed by atoms with E-state index in [1.807, 2.05) is 4.90 Å². The molecule has 0 spiro atoms. The molecular weight excluding hydrogens is 417 g/mol. The van der Waals surface area contributed by atoms with Gasteiger partial charge in [0.2, 0.25) is 10.0 Å². The highest BCUT2D eigenvalue weighted by Crippen LogP contribution is 2.28. The molecule has 0 bridgehead atoms. The summed E-state index contributed by atoms with van der Waals surface area (Å²) in [5.41, 5.74) is 1.18. The van der Waals surface area contributed by atoms with Crippen LogP contribution < -0.4 is 4.90 Å². The molecule has 0 aliphatic carbocycles. The van der Waals surface area contributed by atoms with E-state index in [2.05, 4.69) is 0 Å². The summed E-state index contributed by atoms with van der Waals surface area (Å²) in [7, 11) is -3.83. The van der Waals surface area contributed by atoms with Gasteiger partial charge in [-0.3, -0.25) is 4.79 Å². The van der Waals surface area contributed by atoms with Crippen LogP contribution in [0.1, 0.15) is 16.8 Å². The fourth-order valence-corrected chi connectivity index (χ4v) is 5.44. The number of nitrogens with zero attached hydrogens (tertiary/aromatic N) is 3. The number of piperazine rings is 1. The first-order valence-electron chi connectivity index (χ1n) is 9.46. The summed E-state index contributed by atoms with van der Waals surface area (Å²) in [5, 5.41) is 0.103. The van der Waals surface area contributed by atoms with Gasteiger partial charge in [-0.1, -0.05) is 11.6 Å². The van der Waals surface area contributed by atoms with Crippen LogP contribution in [-0.4, -0.2) is 62.8 Å². The minimum absolute atomic E-state index is 0.0410. The standard InChI is InChI=1S/C20H21ClFN3O3S/c21-18-7-2-15(20(26)24-8-1-9-24)14-19(18)29(27,28)25-12-10-23(11-13-25)17-5-3-16(22)4-6-17/h2-7,14H,1,8-13H2. The van der Waals surface area contributed by atoms with Gasteiger partial charge in [0, 0.05) is 50.5 Å². The summed E-state index contributed by atoms with van der Waals surface area (Å²) < 4.78 is 40.8. The third-order valence-electron chi connectivity index (χ3n) is 5.37. The van der Waals surface area contributed by atoms with Crippen LogP contribution in [0.2, 0.25) is 5.02 Å². The van der Waals surface area contributed by atoms with Crippen molar-refractivity contribution >= 4 is 33.2 Å². The normalized spacial score (nSPS) is 17.9. The maximum absolute atomic E-state index is 13.2. The Balaban J connectivity index is 1.51. The van der Waals surface area contributed by atoms with Crippen LogP contribution >= 0.6 is 11.6 Å². The lowest BCUT2D eigenvalue weighted by molar-refractivity contribution is 0.0651. The number of sulfonamides is 1. The molecule has 1 amide bonds. The molecule has 154 valence electrons. The number of carbonyl (C=O) groups excluding carboxylic acids is 1. The molecule has 2 fully saturated rings. The van der Waals surface area contributed by atoms with E-state index in [0.29, 0.717) is 31.7 Å². The van der Waals surface area contributed by atoms with Gasteiger partial charge in [0.1, 0.15) is 10.7 Å². The molecule has 29 heavy (non-hydrogen) atoms. The number of likely N-dealkylation sites (tertiary alicyclic amines) is 1. The highest BCUT2D eigenvalue weighted by Gasteiger charge is 2.31. The molecule has 2 heterocycles. The van der Waals surface area contributed by atoms with Gasteiger partial charge in [0.15, 0.2) is 0 Å². The molecule has 4 rings (SSSR count). The van der Waals surface area contributed by atoms with Crippen molar-refractivity contribution in [2.24, 2.45) is 0 Å². The van der Waals surface area contributed by atoms with E-state index < -0.39 is 10.0 Å². The molecule has 9 heteroatoms. The second kappa shape index (κ2) is 7.93. The number of carbonyl (C=O) groups is 1. The summed E-state index contributed by atoms with van der Waals surface area (Å²) in [6.45, 7) is 2.90. The number of amides is 1. The summed E-state index contributed by atoms with van der Waals surface area (Å²) in [5.74, 6) is -0.484. The molecule has 2 aliphatic rings. The molecule has 6 nitrogen and oxygen atoms in total. The zero-order chi connectivity index (χ0) is 20.6. The molecule has 2 aliphatic heterocycles. The summed E-state index contributed by atoms with van der Waals surface area (Å²) in [6.07, 6.45) is 0.961. The highest BCUT2D eigenvalue weighted by atomic mass is 35.5. The molecule has 2 aromatic carbocycles. The van der Waals surface area contributed by atoms with E-state index in [9.17, 15) is 17.6 Å². The summed E-state index contributed by atoms with van der Waals surface area (Å²) in [4.78, 5) is 16.1. The van der Waals surface area contributed by atoms with E-state index >= 15 is 0 Å². The van der Waals surface area contributed by atoms with Crippen LogP contribution in [0, 0.1) is 5.82 Å². The van der Waals surface area contributed by atoms with E-state index in [0.717, 1.165) is 12.1 Å². The zero-order valence-corrected chi connectivity index (χ0v) is 17.3. The zero-order valence-electron chi connectivity index (χ0n) is 15.7. The van der Waals surface area contributed by atoms with E-state index in [-0.39, 0.29) is 34.7 Å². The van der Waals surface area contributed by atoms with Crippen molar-refractivity contribution in [1.29, 1.82) is 0 Å². The lowest BCUT2D eigenvalue weighted by Gasteiger charge is -2.35. The van der Waals surface area contributed by atoms with Gasteiger partial charge < -0.3 is 9.80 Å². The van der Waals surface area contributed by atoms with Gasteiger partial charge >= 0.3 is 0 Å². The third-order valence-corrected chi connectivity index (χ3v) is 7.75. The molecular formula is C20H21ClFN3O3S. The SMILES string of the molecule is O=C(c1ccc(Cl)c(S(=O)(=O)N2CCN(c3ccc(F)cc3)CC2)c1)N1CCC1. The average molecular weight is 438 g/mol. The Morgan fingerprint density at radius 3 is 2.17 bits per heavy atom. The van der Waals surface area contributed by atoms with Gasteiger partial charge in [0.25, 0.3) is 5.91 Å². The average Bonchev–Trinajstić information content (AvgIpc) is 2.67. The van der Waals surface area contributed by atoms with Crippen molar-refractivity contribution in [1.82, 2.24) is 9.21 Å². The minimum Gasteiger partial charge on any atom is -0.369 e. The van der Waals surface area contributed by atoms with Crippen molar-refractivity contribution in [3.8, 4) is 0 Å². The fourth-order valence-electron chi connectivity index (χ4n) is 3.51. The maximum atomic E-state index is 13.2. The number of halogens is 2. The number of anilines is 1. The molecule has 0 saturated carbocycles. The van der Waals surface area contributed by atoms with Crippen molar-refractivity contribution < 1.29 is 17.6 Å². The van der Waals surface area contributed by atoms with Gasteiger partial charge in [-0.25, -0.2) is 12.8 Å². The van der Waals surface area contributed by atoms with Gasteiger partial charge in [-0.15, -0.1) is 0 Å². The van der Waals surface area contributed by atoms with Gasteiger partial charge in [-0.05, 0) is 48.9 Å². The first-order valence-corrected chi connectivity index (χ1v) is 11.3. The Morgan fingerprint density at radius 1 is 0.931 bits per heavy atom. The summed E-state index contributed by atoms with van der Waals surface area (Å²) >= 11 is 6.19. The van der Waals surface area contributed by atoms with Crippen molar-refractivity contribution in [2.75, 3.05) is 44.2 Å². The number of hydrogen-bond donors (Lipinski definition) is 0. The van der Waals surface area contributed by atoms with E-state index in [4.69, 9.17) is 11.6 Å². The van der Waals surface area contributed by atoms with Crippen LogP contribution in [-0.2, 0) is 10.0 Å². The molecule has 0 N–H and O–H groups in total. The minimum atomic E-state index is -3.83. The third kappa shape index (κ3) is 3.97. The predicted molar refractivity (Wildman–Crippen MR) is 109 cm³/mol. The molecule has 2 saturated heterocycles. The van der Waals surface area contributed by atoms with Crippen LogP contribution in [0.5, 0.6) is 0 Å². The van der Waals surface area contributed by atoms with E-state index in [1.165, 1.54) is 28.6 Å². The number of hydrogen-bond acceptors (Lipinski definition) is 4. The maximum Gasteiger partial charge on any atom is 0.253 e. The molecule has 0 radical (unpaired) electrons. The molecule has 0 unspecified atom stereocenters. The first kappa shape index (κ1) is 20.1. The molecule has 2 aromatic rings. The lowest BCUT2D eigenvalue weighted by Crippen LogP contribution is -2.48. The van der Waals surface area contributed by atoms with Crippen molar-refractivity contribution in [3.63, 3.8) is 0 Å². The number of benzene rings is 2. The Hall–Kier alpha value is -2.16. The highest BCUT2D eigenvalue weighted by molar-refractivity contribution is 7.89. The van der Waals surface area contributed by atoms with Gasteiger partial charge in [0.05, 0.1) is 5.02 Å². The Labute approximate surface area is 174 Å². The topological polar surface area (TPSA) is 60.9 Å². The first-order chi connectivity index (χ1) is 13.9. The second-order valence-electron chi connectivity index (χ2n) is 7.16. The van der Waals surface area contributed by atoms with Crippen molar-refractivity contribution in [3.05, 3.63) is 58.9 Å². The Kier molecular flexibility index (Phi) is 5.50. The van der Waals surface area contributed by atoms with Crippen LogP contribution in [0.15, 0.2) is 47.4 Å². The lowest BCUT2D eigenvalue weighted by atomic mass is 10.1. The fraction of sp³-hybridized carbons (Fsp3) is 0.350. The Bertz CT molecular complexity index is 1020.